The Hall–Kier alpha value is -2.64. The highest BCUT2D eigenvalue weighted by Crippen LogP contribution is 2.22. The fourth-order valence-corrected chi connectivity index (χ4v) is 2.16. The standard InChI is InChI=1S/C22H22O/c1-17(19(3)21-11-7-5-8-12-21)15-23-16-18(2)20(4)22-13-9-6-10-14-22/h5-14H,1-4,15-16H2. The summed E-state index contributed by atoms with van der Waals surface area (Å²) in [7, 11) is 0. The number of ether oxygens (including phenoxy) is 1. The van der Waals surface area contributed by atoms with Gasteiger partial charge in [0.05, 0.1) is 13.2 Å². The SMILES string of the molecule is C=C(COCC(=C)C(=C)c1ccccc1)C(=C)c1ccccc1. The number of hydrogen-bond donors (Lipinski definition) is 0. The molecule has 0 unspecified atom stereocenters. The van der Waals surface area contributed by atoms with E-state index in [4.69, 9.17) is 4.74 Å². The Morgan fingerprint density at radius 2 is 0.957 bits per heavy atom. The lowest BCUT2D eigenvalue weighted by Gasteiger charge is -2.13. The van der Waals surface area contributed by atoms with Crippen LogP contribution in [0.4, 0.5) is 0 Å². The van der Waals surface area contributed by atoms with E-state index in [0.29, 0.717) is 13.2 Å². The first kappa shape index (κ1) is 16.7. The van der Waals surface area contributed by atoms with Gasteiger partial charge < -0.3 is 4.74 Å². The molecule has 0 atom stereocenters. The summed E-state index contributed by atoms with van der Waals surface area (Å²) in [5, 5.41) is 0. The molecule has 0 fully saturated rings. The summed E-state index contributed by atoms with van der Waals surface area (Å²) in [5.74, 6) is 0. The lowest BCUT2D eigenvalue weighted by molar-refractivity contribution is 0.186. The van der Waals surface area contributed by atoms with Crippen LogP contribution in [0, 0.1) is 0 Å². The fourth-order valence-electron chi connectivity index (χ4n) is 2.16. The van der Waals surface area contributed by atoms with E-state index in [1.54, 1.807) is 0 Å². The first-order valence-corrected chi connectivity index (χ1v) is 7.52. The molecule has 0 heterocycles. The summed E-state index contributed by atoms with van der Waals surface area (Å²) in [6.45, 7) is 17.1. The Morgan fingerprint density at radius 3 is 1.30 bits per heavy atom. The summed E-state index contributed by atoms with van der Waals surface area (Å²) in [6, 6.07) is 20.0. The lowest BCUT2D eigenvalue weighted by Crippen LogP contribution is -2.03. The van der Waals surface area contributed by atoms with Crippen molar-refractivity contribution in [3.8, 4) is 0 Å². The minimum atomic E-state index is 0.425. The van der Waals surface area contributed by atoms with Gasteiger partial charge in [-0.2, -0.15) is 0 Å². The molecule has 2 aromatic rings. The van der Waals surface area contributed by atoms with Gasteiger partial charge in [-0.3, -0.25) is 0 Å². The van der Waals surface area contributed by atoms with Crippen LogP contribution in [0.2, 0.25) is 0 Å². The van der Waals surface area contributed by atoms with Crippen molar-refractivity contribution in [1.29, 1.82) is 0 Å². The molecule has 0 aliphatic heterocycles. The Bertz CT molecular complexity index is 645. The van der Waals surface area contributed by atoms with Gasteiger partial charge in [-0.25, -0.2) is 0 Å². The maximum absolute atomic E-state index is 5.72. The zero-order chi connectivity index (χ0) is 16.7. The van der Waals surface area contributed by atoms with Gasteiger partial charge in [-0.15, -0.1) is 0 Å². The van der Waals surface area contributed by atoms with Crippen molar-refractivity contribution < 1.29 is 4.74 Å². The van der Waals surface area contributed by atoms with Crippen molar-refractivity contribution >= 4 is 11.1 Å². The van der Waals surface area contributed by atoms with Crippen molar-refractivity contribution in [1.82, 2.24) is 0 Å². The van der Waals surface area contributed by atoms with E-state index in [-0.39, 0.29) is 0 Å². The third-order valence-corrected chi connectivity index (χ3v) is 3.65. The van der Waals surface area contributed by atoms with Gasteiger partial charge in [-0.1, -0.05) is 87.0 Å². The molecule has 23 heavy (non-hydrogen) atoms. The van der Waals surface area contributed by atoms with Gasteiger partial charge in [0.15, 0.2) is 0 Å². The minimum absolute atomic E-state index is 0.425. The van der Waals surface area contributed by atoms with Crippen LogP contribution in [-0.2, 0) is 4.74 Å². The minimum Gasteiger partial charge on any atom is -0.372 e. The van der Waals surface area contributed by atoms with Gasteiger partial charge in [0.25, 0.3) is 0 Å². The third kappa shape index (κ3) is 4.67. The van der Waals surface area contributed by atoms with E-state index in [1.165, 1.54) is 0 Å². The summed E-state index contributed by atoms with van der Waals surface area (Å²) in [5.41, 5.74) is 5.67. The number of rotatable bonds is 8. The monoisotopic (exact) mass is 302 g/mol. The molecular weight excluding hydrogens is 280 g/mol. The van der Waals surface area contributed by atoms with Crippen molar-refractivity contribution in [2.45, 2.75) is 0 Å². The fraction of sp³-hybridized carbons (Fsp3) is 0.0909. The third-order valence-electron chi connectivity index (χ3n) is 3.65. The van der Waals surface area contributed by atoms with Crippen LogP contribution in [0.1, 0.15) is 11.1 Å². The lowest BCUT2D eigenvalue weighted by atomic mass is 10.0. The van der Waals surface area contributed by atoms with E-state index in [0.717, 1.165) is 33.4 Å². The molecule has 2 aromatic carbocycles. The molecule has 0 aliphatic carbocycles. The zero-order valence-electron chi connectivity index (χ0n) is 13.4. The molecule has 0 amide bonds. The number of benzene rings is 2. The van der Waals surface area contributed by atoms with E-state index in [2.05, 4.69) is 26.3 Å². The molecule has 0 saturated carbocycles. The summed E-state index contributed by atoms with van der Waals surface area (Å²) in [6.07, 6.45) is 0. The Morgan fingerprint density at radius 1 is 0.609 bits per heavy atom. The largest absolute Gasteiger partial charge is 0.372 e. The predicted molar refractivity (Wildman–Crippen MR) is 100 cm³/mol. The number of hydrogen-bond acceptors (Lipinski definition) is 1. The van der Waals surface area contributed by atoms with Crippen LogP contribution in [0.15, 0.2) is 98.1 Å². The van der Waals surface area contributed by atoms with Gasteiger partial charge in [0.2, 0.25) is 0 Å². The van der Waals surface area contributed by atoms with E-state index >= 15 is 0 Å². The van der Waals surface area contributed by atoms with Gasteiger partial charge >= 0.3 is 0 Å². The summed E-state index contributed by atoms with van der Waals surface area (Å²) >= 11 is 0. The van der Waals surface area contributed by atoms with Crippen LogP contribution in [-0.4, -0.2) is 13.2 Å². The van der Waals surface area contributed by atoms with E-state index < -0.39 is 0 Å². The molecule has 0 radical (unpaired) electrons. The Labute approximate surface area is 138 Å². The van der Waals surface area contributed by atoms with Gasteiger partial charge in [0, 0.05) is 0 Å². The second-order valence-electron chi connectivity index (χ2n) is 5.39. The maximum Gasteiger partial charge on any atom is 0.0721 e. The van der Waals surface area contributed by atoms with Crippen molar-refractivity contribution in [2.75, 3.05) is 13.2 Å². The van der Waals surface area contributed by atoms with E-state index in [1.807, 2.05) is 60.7 Å². The van der Waals surface area contributed by atoms with Gasteiger partial charge in [-0.05, 0) is 33.4 Å². The van der Waals surface area contributed by atoms with Crippen LogP contribution >= 0.6 is 0 Å². The highest BCUT2D eigenvalue weighted by molar-refractivity contribution is 5.77. The molecule has 0 N–H and O–H groups in total. The summed E-state index contributed by atoms with van der Waals surface area (Å²) < 4.78 is 5.72. The molecule has 0 saturated heterocycles. The first-order valence-electron chi connectivity index (χ1n) is 7.52. The predicted octanol–water partition coefficient (Wildman–Crippen LogP) is 5.54. The van der Waals surface area contributed by atoms with E-state index in [9.17, 15) is 0 Å². The van der Waals surface area contributed by atoms with Crippen LogP contribution in [0.3, 0.4) is 0 Å². The highest BCUT2D eigenvalue weighted by atomic mass is 16.5. The van der Waals surface area contributed by atoms with Crippen molar-refractivity contribution in [3.63, 3.8) is 0 Å². The van der Waals surface area contributed by atoms with Gasteiger partial charge in [0.1, 0.15) is 0 Å². The molecule has 0 aliphatic rings. The normalized spacial score (nSPS) is 10.1. The molecular formula is C22H22O. The van der Waals surface area contributed by atoms with Crippen molar-refractivity contribution in [2.24, 2.45) is 0 Å². The average Bonchev–Trinajstić information content (AvgIpc) is 2.61. The van der Waals surface area contributed by atoms with Crippen LogP contribution in [0.5, 0.6) is 0 Å². The molecule has 0 spiro atoms. The van der Waals surface area contributed by atoms with Crippen LogP contribution < -0.4 is 0 Å². The molecule has 0 aromatic heterocycles. The van der Waals surface area contributed by atoms with Crippen molar-refractivity contribution in [3.05, 3.63) is 109 Å². The molecule has 116 valence electrons. The zero-order valence-corrected chi connectivity index (χ0v) is 13.4. The quantitative estimate of drug-likeness (QED) is 0.581. The molecule has 0 bridgehead atoms. The molecule has 2 rings (SSSR count). The Balaban J connectivity index is 1.83. The highest BCUT2D eigenvalue weighted by Gasteiger charge is 2.06. The Kier molecular flexibility index (Phi) is 5.90. The smallest absolute Gasteiger partial charge is 0.0721 e. The molecule has 1 heteroatoms. The topological polar surface area (TPSA) is 9.23 Å². The second-order valence-corrected chi connectivity index (χ2v) is 5.39. The average molecular weight is 302 g/mol. The molecule has 1 nitrogen and oxygen atoms in total. The van der Waals surface area contributed by atoms with Crippen LogP contribution in [0.25, 0.3) is 11.1 Å². The maximum atomic E-state index is 5.72. The summed E-state index contributed by atoms with van der Waals surface area (Å²) in [4.78, 5) is 0. The first-order chi connectivity index (χ1) is 11.1. The second kappa shape index (κ2) is 8.11.